The molecule has 2 N–H and O–H groups in total. The maximum Gasteiger partial charge on any atom is 0.321 e. The summed E-state index contributed by atoms with van der Waals surface area (Å²) in [7, 11) is 0. The molecule has 2 aromatic rings. The van der Waals surface area contributed by atoms with Gasteiger partial charge < -0.3 is 20.3 Å². The molecular formula is C23H28N4O3. The van der Waals surface area contributed by atoms with Gasteiger partial charge >= 0.3 is 6.03 Å². The minimum atomic E-state index is -0.110. The highest BCUT2D eigenvalue weighted by Gasteiger charge is 2.29. The van der Waals surface area contributed by atoms with Gasteiger partial charge in [-0.25, -0.2) is 4.79 Å². The second-order valence-corrected chi connectivity index (χ2v) is 7.76. The van der Waals surface area contributed by atoms with Gasteiger partial charge in [-0.15, -0.1) is 0 Å². The van der Waals surface area contributed by atoms with E-state index in [1.54, 1.807) is 6.07 Å². The maximum atomic E-state index is 12.6. The fraction of sp³-hybridized carbons (Fsp3) is 0.391. The molecule has 2 fully saturated rings. The highest BCUT2D eigenvalue weighted by molar-refractivity contribution is 5.95. The number of para-hydroxylation sites is 1. The largest absolute Gasteiger partial charge is 0.492 e. The van der Waals surface area contributed by atoms with Crippen molar-refractivity contribution >= 4 is 23.3 Å². The van der Waals surface area contributed by atoms with Gasteiger partial charge in [0.05, 0.1) is 0 Å². The van der Waals surface area contributed by atoms with Crippen LogP contribution in [0.5, 0.6) is 5.75 Å². The monoisotopic (exact) mass is 408 g/mol. The number of anilines is 2. The van der Waals surface area contributed by atoms with Gasteiger partial charge in [-0.1, -0.05) is 24.3 Å². The topological polar surface area (TPSA) is 73.9 Å². The summed E-state index contributed by atoms with van der Waals surface area (Å²) in [6.07, 6.45) is 1.93. The van der Waals surface area contributed by atoms with Crippen LogP contribution in [-0.4, -0.2) is 61.1 Å². The van der Waals surface area contributed by atoms with Crippen molar-refractivity contribution in [2.45, 2.75) is 12.8 Å². The van der Waals surface area contributed by atoms with Crippen molar-refractivity contribution in [1.82, 2.24) is 9.80 Å². The van der Waals surface area contributed by atoms with Crippen LogP contribution >= 0.6 is 0 Å². The highest BCUT2D eigenvalue weighted by Crippen LogP contribution is 2.30. The summed E-state index contributed by atoms with van der Waals surface area (Å²) in [5.41, 5.74) is 1.40. The van der Waals surface area contributed by atoms with Crippen molar-refractivity contribution in [1.29, 1.82) is 0 Å². The molecule has 2 aliphatic rings. The molecule has 3 amide bonds. The van der Waals surface area contributed by atoms with Crippen molar-refractivity contribution in [3.63, 3.8) is 0 Å². The number of carbonyl (C=O) groups excluding carboxylic acids is 2. The summed E-state index contributed by atoms with van der Waals surface area (Å²) in [4.78, 5) is 28.7. The van der Waals surface area contributed by atoms with Crippen LogP contribution in [-0.2, 0) is 4.79 Å². The first-order valence-corrected chi connectivity index (χ1v) is 10.5. The highest BCUT2D eigenvalue weighted by atomic mass is 16.5. The number of ether oxygens (including phenoxy) is 1. The Labute approximate surface area is 177 Å². The molecule has 0 radical (unpaired) electrons. The summed E-state index contributed by atoms with van der Waals surface area (Å²) < 4.78 is 5.75. The standard InChI is InChI=1S/C23H28N4O3/c28-22(18-9-10-18)24-19-5-4-6-20(17-19)25-23(29)27-13-11-26(12-14-27)15-16-30-21-7-2-1-3-8-21/h1-8,17-18H,9-16H2,(H,24,28)(H,25,29). The molecule has 158 valence electrons. The number of nitrogens with one attached hydrogen (secondary N) is 2. The molecule has 7 heteroatoms. The second-order valence-electron chi connectivity index (χ2n) is 7.76. The molecule has 2 aromatic carbocycles. The average molecular weight is 409 g/mol. The number of piperazine rings is 1. The number of urea groups is 1. The van der Waals surface area contributed by atoms with Gasteiger partial charge in [0.1, 0.15) is 12.4 Å². The molecule has 1 aliphatic heterocycles. The van der Waals surface area contributed by atoms with Crippen LogP contribution < -0.4 is 15.4 Å². The van der Waals surface area contributed by atoms with E-state index < -0.39 is 0 Å². The SMILES string of the molecule is O=C(Nc1cccc(NC(=O)N2CCN(CCOc3ccccc3)CC2)c1)C1CC1. The Morgan fingerprint density at radius 3 is 2.30 bits per heavy atom. The van der Waals surface area contributed by atoms with Crippen LogP contribution in [0.2, 0.25) is 0 Å². The fourth-order valence-electron chi connectivity index (χ4n) is 3.45. The van der Waals surface area contributed by atoms with Crippen LogP contribution in [0.25, 0.3) is 0 Å². The first-order valence-electron chi connectivity index (χ1n) is 10.5. The van der Waals surface area contributed by atoms with Crippen molar-refractivity contribution < 1.29 is 14.3 Å². The van der Waals surface area contributed by atoms with Crippen LogP contribution in [0.15, 0.2) is 54.6 Å². The van der Waals surface area contributed by atoms with Gasteiger partial charge in [0.25, 0.3) is 0 Å². The summed E-state index contributed by atoms with van der Waals surface area (Å²) >= 11 is 0. The minimum absolute atomic E-state index is 0.0610. The molecule has 4 rings (SSSR count). The van der Waals surface area contributed by atoms with Gasteiger partial charge in [0, 0.05) is 50.0 Å². The van der Waals surface area contributed by atoms with Crippen molar-refractivity contribution in [2.24, 2.45) is 5.92 Å². The van der Waals surface area contributed by atoms with Gasteiger partial charge in [-0.05, 0) is 43.2 Å². The summed E-state index contributed by atoms with van der Waals surface area (Å²) in [5, 5.41) is 5.85. The maximum absolute atomic E-state index is 12.6. The summed E-state index contributed by atoms with van der Waals surface area (Å²) in [6.45, 7) is 4.47. The lowest BCUT2D eigenvalue weighted by Crippen LogP contribution is -2.50. The lowest BCUT2D eigenvalue weighted by atomic mass is 10.2. The van der Waals surface area contributed by atoms with E-state index in [1.165, 1.54) is 0 Å². The summed E-state index contributed by atoms with van der Waals surface area (Å²) in [5.74, 6) is 1.09. The molecule has 1 aliphatic carbocycles. The van der Waals surface area contributed by atoms with E-state index in [-0.39, 0.29) is 17.9 Å². The van der Waals surface area contributed by atoms with Crippen LogP contribution in [0, 0.1) is 5.92 Å². The first kappa shape index (κ1) is 20.2. The van der Waals surface area contributed by atoms with Gasteiger partial charge in [0.2, 0.25) is 5.91 Å². The lowest BCUT2D eigenvalue weighted by Gasteiger charge is -2.34. The molecule has 0 atom stereocenters. The molecule has 1 heterocycles. The van der Waals surface area contributed by atoms with Gasteiger partial charge in [0.15, 0.2) is 0 Å². The normalized spacial score (nSPS) is 16.7. The number of rotatable bonds is 7. The Kier molecular flexibility index (Phi) is 6.49. The molecular weight excluding hydrogens is 380 g/mol. The van der Waals surface area contributed by atoms with E-state index in [9.17, 15) is 9.59 Å². The third-order valence-electron chi connectivity index (χ3n) is 5.41. The zero-order valence-electron chi connectivity index (χ0n) is 17.0. The Morgan fingerprint density at radius 1 is 0.900 bits per heavy atom. The van der Waals surface area contributed by atoms with E-state index >= 15 is 0 Å². The van der Waals surface area contributed by atoms with E-state index in [0.29, 0.717) is 31.1 Å². The molecule has 0 unspecified atom stereocenters. The first-order chi connectivity index (χ1) is 14.7. The van der Waals surface area contributed by atoms with Crippen molar-refractivity contribution in [2.75, 3.05) is 50.0 Å². The lowest BCUT2D eigenvalue weighted by molar-refractivity contribution is -0.117. The zero-order chi connectivity index (χ0) is 20.8. The molecule has 0 aromatic heterocycles. The van der Waals surface area contributed by atoms with Crippen LogP contribution in [0.4, 0.5) is 16.2 Å². The molecule has 0 bridgehead atoms. The quantitative estimate of drug-likeness (QED) is 0.738. The van der Waals surface area contributed by atoms with E-state index in [0.717, 1.165) is 38.2 Å². The molecule has 30 heavy (non-hydrogen) atoms. The number of hydrogen-bond donors (Lipinski definition) is 2. The molecule has 1 saturated heterocycles. The third kappa shape index (κ3) is 5.73. The molecule has 7 nitrogen and oxygen atoms in total. The number of amides is 3. The number of hydrogen-bond acceptors (Lipinski definition) is 4. The predicted molar refractivity (Wildman–Crippen MR) is 117 cm³/mol. The number of nitrogens with zero attached hydrogens (tertiary/aromatic N) is 2. The Bertz CT molecular complexity index is 862. The summed E-state index contributed by atoms with van der Waals surface area (Å²) in [6, 6.07) is 17.0. The second kappa shape index (κ2) is 9.63. The fourth-order valence-corrected chi connectivity index (χ4v) is 3.45. The predicted octanol–water partition coefficient (Wildman–Crippen LogP) is 3.26. The Hall–Kier alpha value is -3.06. The van der Waals surface area contributed by atoms with Crippen molar-refractivity contribution in [3.05, 3.63) is 54.6 Å². The smallest absolute Gasteiger partial charge is 0.321 e. The van der Waals surface area contributed by atoms with Crippen LogP contribution in [0.1, 0.15) is 12.8 Å². The van der Waals surface area contributed by atoms with Gasteiger partial charge in [-0.3, -0.25) is 9.69 Å². The number of benzene rings is 2. The third-order valence-corrected chi connectivity index (χ3v) is 5.41. The minimum Gasteiger partial charge on any atom is -0.492 e. The Morgan fingerprint density at radius 2 is 1.60 bits per heavy atom. The van der Waals surface area contributed by atoms with E-state index in [2.05, 4.69) is 15.5 Å². The van der Waals surface area contributed by atoms with Gasteiger partial charge in [-0.2, -0.15) is 0 Å². The van der Waals surface area contributed by atoms with E-state index in [4.69, 9.17) is 4.74 Å². The molecule has 0 spiro atoms. The number of carbonyl (C=O) groups is 2. The van der Waals surface area contributed by atoms with E-state index in [1.807, 2.05) is 53.4 Å². The van der Waals surface area contributed by atoms with Crippen molar-refractivity contribution in [3.8, 4) is 5.75 Å². The zero-order valence-corrected chi connectivity index (χ0v) is 17.0. The average Bonchev–Trinajstić information content (AvgIpc) is 3.61. The van der Waals surface area contributed by atoms with Crippen LogP contribution in [0.3, 0.4) is 0 Å². The molecule has 1 saturated carbocycles. The Balaban J connectivity index is 1.19.